The number of carbonyl (C=O) groups excluding carboxylic acids is 1. The Labute approximate surface area is 217 Å². The molecule has 1 amide bonds. The first kappa shape index (κ1) is 27.8. The minimum absolute atomic E-state index is 0. The van der Waals surface area contributed by atoms with Crippen LogP contribution >= 0.6 is 40.7 Å². The van der Waals surface area contributed by atoms with E-state index in [1.165, 1.54) is 11.3 Å². The number of carbonyl (C=O) groups is 1. The number of hydrogen-bond donors (Lipinski definition) is 1. The van der Waals surface area contributed by atoms with Gasteiger partial charge in [0.2, 0.25) is 5.91 Å². The number of amides is 1. The van der Waals surface area contributed by atoms with E-state index in [9.17, 15) is 4.79 Å². The number of rotatable bonds is 6. The van der Waals surface area contributed by atoms with Crippen molar-refractivity contribution in [3.05, 3.63) is 51.9 Å². The highest BCUT2D eigenvalue weighted by Gasteiger charge is 2.32. The van der Waals surface area contributed by atoms with E-state index in [-0.39, 0.29) is 36.6 Å². The summed E-state index contributed by atoms with van der Waals surface area (Å²) in [5.41, 5.74) is 3.58. The predicted octanol–water partition coefficient (Wildman–Crippen LogP) is 4.56. The summed E-state index contributed by atoms with van der Waals surface area (Å²) in [5, 5.41) is 3.46. The summed E-state index contributed by atoms with van der Waals surface area (Å²) in [7, 11) is 0. The van der Waals surface area contributed by atoms with Gasteiger partial charge in [0.15, 0.2) is 0 Å². The standard InChI is InChI=1S/C24H32BrN5O.2ClH/c1-16(2)26-14-20(18-5-7-19(25)8-6-18)24(31)30-12-10-29(11-13-30)23-22-17(3)4-9-21(22)27-15-28-23;;/h5-8,15-17,20,26H,4,9-14H2,1-3H3;2*1H. The number of halogens is 3. The van der Waals surface area contributed by atoms with Crippen molar-refractivity contribution < 1.29 is 4.79 Å². The molecule has 1 fully saturated rings. The van der Waals surface area contributed by atoms with Crippen molar-refractivity contribution in [3.8, 4) is 0 Å². The molecule has 4 rings (SSSR count). The van der Waals surface area contributed by atoms with Gasteiger partial charge in [-0.3, -0.25) is 4.79 Å². The molecule has 2 atom stereocenters. The fourth-order valence-corrected chi connectivity index (χ4v) is 4.89. The van der Waals surface area contributed by atoms with Crippen LogP contribution in [0.25, 0.3) is 0 Å². The van der Waals surface area contributed by atoms with Crippen LogP contribution in [-0.4, -0.2) is 59.5 Å². The van der Waals surface area contributed by atoms with Crippen molar-refractivity contribution in [2.24, 2.45) is 0 Å². The average Bonchev–Trinajstić information content (AvgIpc) is 3.16. The summed E-state index contributed by atoms with van der Waals surface area (Å²) in [6, 6.07) is 8.47. The molecule has 0 saturated carbocycles. The van der Waals surface area contributed by atoms with Gasteiger partial charge < -0.3 is 15.1 Å². The Bertz CT molecular complexity index is 920. The number of nitrogens with one attached hydrogen (secondary N) is 1. The van der Waals surface area contributed by atoms with Crippen molar-refractivity contribution in [2.45, 2.75) is 51.5 Å². The summed E-state index contributed by atoms with van der Waals surface area (Å²) >= 11 is 3.50. The zero-order chi connectivity index (χ0) is 22.0. The Morgan fingerprint density at radius 1 is 1.12 bits per heavy atom. The van der Waals surface area contributed by atoms with E-state index in [0.717, 1.165) is 54.9 Å². The van der Waals surface area contributed by atoms with Gasteiger partial charge in [-0.05, 0) is 36.5 Å². The third kappa shape index (κ3) is 6.38. The summed E-state index contributed by atoms with van der Waals surface area (Å²) in [6.45, 7) is 10.2. The second kappa shape index (κ2) is 12.3. The Morgan fingerprint density at radius 3 is 2.42 bits per heavy atom. The van der Waals surface area contributed by atoms with Gasteiger partial charge in [-0.15, -0.1) is 24.8 Å². The Morgan fingerprint density at radius 2 is 1.79 bits per heavy atom. The van der Waals surface area contributed by atoms with Gasteiger partial charge in [-0.2, -0.15) is 0 Å². The van der Waals surface area contributed by atoms with E-state index in [1.54, 1.807) is 6.33 Å². The molecule has 1 aromatic carbocycles. The Balaban J connectivity index is 0.00000193. The molecule has 1 saturated heterocycles. The molecular weight excluding hydrogens is 525 g/mol. The quantitative estimate of drug-likeness (QED) is 0.563. The number of aromatic nitrogens is 2. The fraction of sp³-hybridized carbons (Fsp3) is 0.542. The maximum atomic E-state index is 13.5. The lowest BCUT2D eigenvalue weighted by atomic mass is 9.96. The molecule has 0 radical (unpaired) electrons. The molecule has 0 spiro atoms. The average molecular weight is 559 g/mol. The van der Waals surface area contributed by atoms with Crippen LogP contribution in [0, 0.1) is 0 Å². The summed E-state index contributed by atoms with van der Waals surface area (Å²) in [6.07, 6.45) is 3.89. The summed E-state index contributed by atoms with van der Waals surface area (Å²) < 4.78 is 1.03. The van der Waals surface area contributed by atoms with Crippen molar-refractivity contribution >= 4 is 52.5 Å². The lowest BCUT2D eigenvalue weighted by Gasteiger charge is -2.38. The minimum Gasteiger partial charge on any atom is -0.353 e. The molecule has 1 aromatic heterocycles. The van der Waals surface area contributed by atoms with Gasteiger partial charge in [-0.1, -0.05) is 48.8 Å². The smallest absolute Gasteiger partial charge is 0.231 e. The maximum absolute atomic E-state index is 13.5. The first-order valence-corrected chi connectivity index (χ1v) is 12.1. The molecule has 2 heterocycles. The van der Waals surface area contributed by atoms with Gasteiger partial charge in [0, 0.05) is 54.5 Å². The van der Waals surface area contributed by atoms with Crippen LogP contribution < -0.4 is 10.2 Å². The van der Waals surface area contributed by atoms with Crippen LogP contribution in [0.2, 0.25) is 0 Å². The highest BCUT2D eigenvalue weighted by Crippen LogP contribution is 2.37. The summed E-state index contributed by atoms with van der Waals surface area (Å²) in [4.78, 5) is 27.0. The Kier molecular flexibility index (Phi) is 10.4. The molecule has 1 aliphatic carbocycles. The molecule has 2 unspecified atom stereocenters. The second-order valence-corrected chi connectivity index (χ2v) is 9.89. The van der Waals surface area contributed by atoms with E-state index in [1.807, 2.05) is 17.0 Å². The van der Waals surface area contributed by atoms with Crippen molar-refractivity contribution in [2.75, 3.05) is 37.6 Å². The molecule has 2 aliphatic rings. The monoisotopic (exact) mass is 557 g/mol. The Hall–Kier alpha value is -1.41. The van der Waals surface area contributed by atoms with Gasteiger partial charge in [0.25, 0.3) is 0 Å². The lowest BCUT2D eigenvalue weighted by molar-refractivity contribution is -0.133. The van der Waals surface area contributed by atoms with Crippen molar-refractivity contribution in [1.29, 1.82) is 0 Å². The molecule has 182 valence electrons. The fourth-order valence-electron chi connectivity index (χ4n) is 4.63. The highest BCUT2D eigenvalue weighted by molar-refractivity contribution is 9.10. The zero-order valence-corrected chi connectivity index (χ0v) is 22.7. The molecule has 1 aliphatic heterocycles. The van der Waals surface area contributed by atoms with Crippen molar-refractivity contribution in [3.63, 3.8) is 0 Å². The van der Waals surface area contributed by atoms with E-state index < -0.39 is 0 Å². The number of benzene rings is 1. The number of hydrogen-bond acceptors (Lipinski definition) is 5. The van der Waals surface area contributed by atoms with E-state index in [2.05, 4.69) is 69.0 Å². The number of fused-ring (bicyclic) bond motifs is 1. The maximum Gasteiger partial charge on any atom is 0.231 e. The van der Waals surface area contributed by atoms with Crippen molar-refractivity contribution in [1.82, 2.24) is 20.2 Å². The molecule has 2 aromatic rings. The minimum atomic E-state index is -0.176. The SMILES string of the molecule is CC(C)NCC(C(=O)N1CCN(c2ncnc3c2C(C)CC3)CC1)c1ccc(Br)cc1.Cl.Cl. The molecule has 6 nitrogen and oxygen atoms in total. The highest BCUT2D eigenvalue weighted by atomic mass is 79.9. The summed E-state index contributed by atoms with van der Waals surface area (Å²) in [5.74, 6) is 1.62. The lowest BCUT2D eigenvalue weighted by Crippen LogP contribution is -2.51. The molecule has 0 bridgehead atoms. The topological polar surface area (TPSA) is 61.4 Å². The van der Waals surface area contributed by atoms with Crippen LogP contribution in [0.3, 0.4) is 0 Å². The first-order chi connectivity index (χ1) is 14.9. The largest absolute Gasteiger partial charge is 0.353 e. The number of piperazine rings is 1. The van der Waals surface area contributed by atoms with Gasteiger partial charge in [0.1, 0.15) is 12.1 Å². The number of aryl methyl sites for hydroxylation is 1. The zero-order valence-electron chi connectivity index (χ0n) is 19.5. The van der Waals surface area contributed by atoms with Crippen LogP contribution in [0.4, 0.5) is 5.82 Å². The van der Waals surface area contributed by atoms with Crippen LogP contribution in [-0.2, 0) is 11.2 Å². The third-order valence-electron chi connectivity index (χ3n) is 6.44. The van der Waals surface area contributed by atoms with Gasteiger partial charge >= 0.3 is 0 Å². The number of anilines is 1. The third-order valence-corrected chi connectivity index (χ3v) is 6.97. The molecular formula is C24H34BrCl2N5O. The number of nitrogens with zero attached hydrogens (tertiary/aromatic N) is 4. The van der Waals surface area contributed by atoms with Crippen LogP contribution in [0.1, 0.15) is 55.8 Å². The first-order valence-electron chi connectivity index (χ1n) is 11.3. The molecule has 1 N–H and O–H groups in total. The van der Waals surface area contributed by atoms with E-state index in [4.69, 9.17) is 0 Å². The van der Waals surface area contributed by atoms with E-state index in [0.29, 0.717) is 18.5 Å². The van der Waals surface area contributed by atoms with Crippen LogP contribution in [0.15, 0.2) is 35.1 Å². The molecule has 33 heavy (non-hydrogen) atoms. The van der Waals surface area contributed by atoms with Gasteiger partial charge in [-0.25, -0.2) is 9.97 Å². The van der Waals surface area contributed by atoms with Gasteiger partial charge in [0.05, 0.1) is 5.92 Å². The second-order valence-electron chi connectivity index (χ2n) is 8.98. The predicted molar refractivity (Wildman–Crippen MR) is 142 cm³/mol. The molecule has 9 heteroatoms. The van der Waals surface area contributed by atoms with E-state index >= 15 is 0 Å². The van der Waals surface area contributed by atoms with Crippen LogP contribution in [0.5, 0.6) is 0 Å². The normalized spacial score (nSPS) is 18.4.